The van der Waals surface area contributed by atoms with Gasteiger partial charge in [0, 0.05) is 25.8 Å². The number of carbonyl (C=O) groups excluding carboxylic acids is 6. The number of aliphatic hydroxyl groups is 2. The molecule has 8 atom stereocenters. The number of aliphatic hydroxyl groups excluding tert-OH is 2. The molecule has 2 aliphatic rings. The molecule has 0 aliphatic carbocycles. The second-order valence-electron chi connectivity index (χ2n) is 36.9. The lowest BCUT2D eigenvalue weighted by atomic mass is 9.81. The molecule has 0 aromatic heterocycles. The van der Waals surface area contributed by atoms with Crippen LogP contribution in [0.2, 0.25) is 0 Å². The Morgan fingerprint density at radius 2 is 0.664 bits per heavy atom. The van der Waals surface area contributed by atoms with Crippen molar-refractivity contribution in [3.63, 3.8) is 0 Å². The van der Waals surface area contributed by atoms with E-state index in [-0.39, 0.29) is 43.8 Å². The number of quaternary nitrogens is 1. The molecular weight excluding hydrogens is 1560 g/mol. The first kappa shape index (κ1) is 117. The van der Waals surface area contributed by atoms with E-state index in [2.05, 4.69) is 67.6 Å². The summed E-state index contributed by atoms with van der Waals surface area (Å²) >= 11 is 0. The zero-order valence-corrected chi connectivity index (χ0v) is 81.5. The Morgan fingerprint density at radius 1 is 0.393 bits per heavy atom. The summed E-state index contributed by atoms with van der Waals surface area (Å²) < 4.78 is 49.0. The maximum absolute atomic E-state index is 14.8. The fourth-order valence-electron chi connectivity index (χ4n) is 17.9. The van der Waals surface area contributed by atoms with Crippen LogP contribution < -0.4 is 5.32 Å². The maximum Gasteiger partial charge on any atom is 0.470 e. The van der Waals surface area contributed by atoms with Crippen LogP contribution in [0.25, 0.3) is 0 Å². The van der Waals surface area contributed by atoms with Crippen molar-refractivity contribution in [2.75, 3.05) is 45.9 Å². The summed E-state index contributed by atoms with van der Waals surface area (Å²) in [6.45, 7) is 22.1. The highest BCUT2D eigenvalue weighted by Gasteiger charge is 2.61. The monoisotopic (exact) mass is 1750 g/mol. The van der Waals surface area contributed by atoms with Crippen molar-refractivity contribution >= 4 is 43.5 Å². The summed E-state index contributed by atoms with van der Waals surface area (Å²) in [7, 11) is -5.43. The van der Waals surface area contributed by atoms with Crippen molar-refractivity contribution in [3.05, 3.63) is 0 Å². The van der Waals surface area contributed by atoms with Gasteiger partial charge in [-0.1, -0.05) is 388 Å². The summed E-state index contributed by atoms with van der Waals surface area (Å²) in [5, 5.41) is 25.8. The number of hydrogen-bond donors (Lipinski definition) is 5. The number of rotatable bonds is 85. The molecule has 0 spiro atoms. The van der Waals surface area contributed by atoms with Gasteiger partial charge in [0.15, 0.2) is 12.4 Å². The second-order valence-corrected chi connectivity index (χ2v) is 38.1. The SMILES string of the molecule is CCCCCCCCCCCCCC(=O)O[C@H](CCCCCCCCCCC)CC(=O)N[C@@]1(CN2CCCC2)[C@H](O)O[C@H](CO)[C@@H](OP(=O)(O)O)[C@@H]1OC(=O)C[C@@H](CCCCCCCCCCC)OC(=O)CCCCCCCCCCCCC.CCCCCCCCCCCCCC(=O)O[C@H](CCCCCCCCCCC)CC(=O)[N+](CC)(CC)CC. The van der Waals surface area contributed by atoms with E-state index in [0.717, 1.165) is 148 Å². The Morgan fingerprint density at radius 3 is 0.943 bits per heavy atom. The summed E-state index contributed by atoms with van der Waals surface area (Å²) in [6, 6.07) is 0. The highest BCUT2D eigenvalue weighted by molar-refractivity contribution is 7.46. The van der Waals surface area contributed by atoms with Crippen molar-refractivity contribution in [2.24, 2.45) is 0 Å². The largest absolute Gasteiger partial charge is 0.470 e. The minimum Gasteiger partial charge on any atom is -0.462 e. The molecule has 0 aromatic carbocycles. The third-order valence-electron chi connectivity index (χ3n) is 26.0. The molecule has 2 aliphatic heterocycles. The first-order valence-corrected chi connectivity index (χ1v) is 53.6. The molecule has 0 saturated carbocycles. The predicted octanol–water partition coefficient (Wildman–Crippen LogP) is 26.2. The van der Waals surface area contributed by atoms with Gasteiger partial charge >= 0.3 is 37.6 Å². The Bertz CT molecular complexity index is 2510. The quantitative estimate of drug-likeness (QED) is 0.0124. The van der Waals surface area contributed by atoms with Crippen LogP contribution in [0.1, 0.15) is 518 Å². The molecule has 2 fully saturated rings. The molecule has 0 unspecified atom stereocenters. The highest BCUT2D eigenvalue weighted by atomic mass is 31.2. The number of esters is 4. The average molecular weight is 1750 g/mol. The van der Waals surface area contributed by atoms with Crippen molar-refractivity contribution in [3.8, 4) is 0 Å². The van der Waals surface area contributed by atoms with E-state index < -0.39 is 87.0 Å². The average Bonchev–Trinajstić information content (AvgIpc) is 1.12. The van der Waals surface area contributed by atoms with Crippen LogP contribution in [-0.2, 0) is 61.5 Å². The molecule has 21 heteroatoms. The zero-order chi connectivity index (χ0) is 89.7. The van der Waals surface area contributed by atoms with E-state index in [1.54, 1.807) is 0 Å². The Labute approximate surface area is 748 Å². The van der Waals surface area contributed by atoms with Crippen LogP contribution in [0.4, 0.5) is 0 Å². The number of ether oxygens (including phenoxy) is 5. The van der Waals surface area contributed by atoms with Crippen LogP contribution >= 0.6 is 7.82 Å². The third kappa shape index (κ3) is 61.4. The molecule has 0 aromatic rings. The van der Waals surface area contributed by atoms with E-state index in [1.165, 1.54) is 250 Å². The molecular formula is C101H195N3O17P+. The number of likely N-dealkylation sites (tertiary alicyclic amines) is 1. The molecule has 0 radical (unpaired) electrons. The van der Waals surface area contributed by atoms with E-state index >= 15 is 0 Å². The van der Waals surface area contributed by atoms with Gasteiger partial charge < -0.3 is 53.9 Å². The maximum atomic E-state index is 14.8. The molecule has 0 bridgehead atoms. The number of phosphoric acid groups is 1. The zero-order valence-electron chi connectivity index (χ0n) is 80.6. The molecule has 2 amide bonds. The number of amides is 2. The molecule has 20 nitrogen and oxygen atoms in total. The fourth-order valence-corrected chi connectivity index (χ4v) is 18.5. The first-order chi connectivity index (χ1) is 59.2. The lowest BCUT2D eigenvalue weighted by Gasteiger charge is -2.52. The number of nitrogens with zero attached hydrogens (tertiary/aromatic N) is 2. The number of hydrogen-bond acceptors (Lipinski definition) is 16. The van der Waals surface area contributed by atoms with Gasteiger partial charge in [-0.3, -0.25) is 33.0 Å². The highest BCUT2D eigenvalue weighted by Crippen LogP contribution is 2.45. The summed E-state index contributed by atoms with van der Waals surface area (Å²) in [6.07, 6.45) is 64.3. The number of carbonyl (C=O) groups is 6. The molecule has 2 heterocycles. The molecule has 720 valence electrons. The smallest absolute Gasteiger partial charge is 0.462 e. The van der Waals surface area contributed by atoms with Gasteiger partial charge in [-0.15, -0.1) is 0 Å². The Kier molecular flexibility index (Phi) is 76.7. The van der Waals surface area contributed by atoms with Crippen molar-refractivity contribution in [1.29, 1.82) is 0 Å². The topological polar surface area (TPSA) is 271 Å². The normalized spacial score (nSPS) is 17.7. The number of nitrogens with one attached hydrogen (secondary N) is 1. The van der Waals surface area contributed by atoms with Crippen LogP contribution in [0.15, 0.2) is 0 Å². The van der Waals surface area contributed by atoms with Crippen molar-refractivity contribution < 1.29 is 86.0 Å². The van der Waals surface area contributed by atoms with E-state index in [0.29, 0.717) is 68.9 Å². The van der Waals surface area contributed by atoms with Crippen LogP contribution in [0.3, 0.4) is 0 Å². The minimum absolute atomic E-state index is 0.0998. The van der Waals surface area contributed by atoms with Gasteiger partial charge in [0.1, 0.15) is 42.5 Å². The van der Waals surface area contributed by atoms with Gasteiger partial charge in [-0.05, 0) is 104 Å². The van der Waals surface area contributed by atoms with E-state index in [9.17, 15) is 53.3 Å². The van der Waals surface area contributed by atoms with Crippen molar-refractivity contribution in [1.82, 2.24) is 10.2 Å². The predicted molar refractivity (Wildman–Crippen MR) is 500 cm³/mol. The molecule has 122 heavy (non-hydrogen) atoms. The molecule has 5 N–H and O–H groups in total. The van der Waals surface area contributed by atoms with E-state index in [1.807, 2.05) is 4.90 Å². The van der Waals surface area contributed by atoms with Crippen molar-refractivity contribution in [2.45, 2.75) is 567 Å². The standard InChI is InChI=1S/C67H127N2O14P.C34H68NO3/c1-5-9-13-17-21-25-27-31-35-39-43-49-61(72)79-57(47-41-37-33-29-23-19-15-11-7-3)53-60(71)68-67(56-69-51-45-46-52-69)65(64(83-84(76,77)78)59(55-70)81-66(67)75)82-63(74)54-58(48-42-38-34-30-24-20-16-12-8-4)80-62(73)50-44-40-36-32-28-26-22-18-14-10-6-2;1-6-11-13-15-17-19-20-22-24-26-28-30-34(37)38-32(31-33(36)35(8-3,9-4)10-5)29-27-25-23-21-18-16-14-12-7-2/h57-59,64-66,70,75H,5-56H2,1-4H3,(H,68,71)(H2,76,77,78);32H,6-31H2,1-5H3/q;+1/t57-,58-,59-,64-,65+,66-,67-;32-/m11/s1. The molecule has 2 saturated heterocycles. The number of unbranched alkanes of at least 4 members (excludes halogenated alkanes) is 54. The van der Waals surface area contributed by atoms with Gasteiger partial charge in [0.25, 0.3) is 0 Å². The second kappa shape index (κ2) is 80.0. The molecule has 2 rings (SSSR count). The third-order valence-corrected chi connectivity index (χ3v) is 26.5. The van der Waals surface area contributed by atoms with Gasteiger partial charge in [-0.2, -0.15) is 0 Å². The lowest BCUT2D eigenvalue weighted by molar-refractivity contribution is -0.849. The number of phosphoric ester groups is 1. The fraction of sp³-hybridized carbons (Fsp3) is 0.941. The van der Waals surface area contributed by atoms with Crippen LogP contribution in [-0.4, -0.2) is 159 Å². The van der Waals surface area contributed by atoms with Gasteiger partial charge in [0.2, 0.25) is 5.91 Å². The summed E-state index contributed by atoms with van der Waals surface area (Å²) in [4.78, 5) is 105. The van der Waals surface area contributed by atoms with Crippen LogP contribution in [0, 0.1) is 0 Å². The lowest BCUT2D eigenvalue weighted by Crippen LogP contribution is -2.77. The first-order valence-electron chi connectivity index (χ1n) is 52.1. The Balaban J connectivity index is 0.00000163. The van der Waals surface area contributed by atoms with E-state index in [4.69, 9.17) is 28.2 Å². The Hall–Kier alpha value is -3.07. The summed E-state index contributed by atoms with van der Waals surface area (Å²) in [5.41, 5.74) is -2.11. The van der Waals surface area contributed by atoms with Gasteiger partial charge in [0.05, 0.1) is 39.1 Å². The summed E-state index contributed by atoms with van der Waals surface area (Å²) in [5.74, 6) is -2.25. The minimum atomic E-state index is -5.43. The van der Waals surface area contributed by atoms with Gasteiger partial charge in [-0.25, -0.2) is 9.36 Å². The van der Waals surface area contributed by atoms with Crippen LogP contribution in [0.5, 0.6) is 0 Å².